The summed E-state index contributed by atoms with van der Waals surface area (Å²) >= 11 is 0. The number of hydrogen-bond donors (Lipinski definition) is 2. The fraction of sp³-hybridized carbons (Fsp3) is 0.550. The van der Waals surface area contributed by atoms with Crippen LogP contribution in [-0.4, -0.2) is 41.4 Å². The maximum atomic E-state index is 12.2. The summed E-state index contributed by atoms with van der Waals surface area (Å²) in [4.78, 5) is 46.2. The van der Waals surface area contributed by atoms with Crippen LogP contribution in [0.2, 0.25) is 0 Å². The van der Waals surface area contributed by atoms with Gasteiger partial charge in [-0.15, -0.1) is 0 Å². The molecule has 9 heteroatoms. The van der Waals surface area contributed by atoms with Crippen LogP contribution in [-0.2, 0) is 14.3 Å². The van der Waals surface area contributed by atoms with E-state index < -0.39 is 22.9 Å². The van der Waals surface area contributed by atoms with Gasteiger partial charge < -0.3 is 15.4 Å². The third kappa shape index (κ3) is 6.85. The van der Waals surface area contributed by atoms with Crippen molar-refractivity contribution in [3.63, 3.8) is 0 Å². The fourth-order valence-corrected chi connectivity index (χ4v) is 3.26. The van der Waals surface area contributed by atoms with Gasteiger partial charge in [0.25, 0.3) is 17.5 Å². The molecule has 0 unspecified atom stereocenters. The van der Waals surface area contributed by atoms with Gasteiger partial charge in [0.05, 0.1) is 11.3 Å². The molecule has 1 fully saturated rings. The molecular weight excluding hydrogens is 378 g/mol. The number of nitrogens with one attached hydrogen (secondary N) is 2. The van der Waals surface area contributed by atoms with Gasteiger partial charge in [0.2, 0.25) is 0 Å². The molecule has 0 saturated heterocycles. The highest BCUT2D eigenvalue weighted by Crippen LogP contribution is 2.23. The number of hydrogen-bond acceptors (Lipinski definition) is 6. The number of esters is 1. The molecule has 0 heterocycles. The predicted molar refractivity (Wildman–Crippen MR) is 105 cm³/mol. The summed E-state index contributed by atoms with van der Waals surface area (Å²) in [6, 6.07) is 5.25. The number of rotatable bonds is 8. The molecule has 2 N–H and O–H groups in total. The van der Waals surface area contributed by atoms with Crippen molar-refractivity contribution in [2.24, 2.45) is 5.92 Å². The van der Waals surface area contributed by atoms with Crippen molar-refractivity contribution < 1.29 is 24.0 Å². The first-order valence-electron chi connectivity index (χ1n) is 9.80. The zero-order valence-corrected chi connectivity index (χ0v) is 16.7. The molecule has 158 valence electrons. The number of carbonyl (C=O) groups is 3. The highest BCUT2D eigenvalue weighted by atomic mass is 16.6. The summed E-state index contributed by atoms with van der Waals surface area (Å²) in [5.41, 5.74) is 0.137. The largest absolute Gasteiger partial charge is 0.452 e. The molecule has 0 aliphatic heterocycles. The highest BCUT2D eigenvalue weighted by molar-refractivity contribution is 5.94. The predicted octanol–water partition coefficient (Wildman–Crippen LogP) is 2.34. The summed E-state index contributed by atoms with van der Waals surface area (Å²) in [6.45, 7) is 3.66. The van der Waals surface area contributed by atoms with E-state index in [1.165, 1.54) is 37.6 Å². The lowest BCUT2D eigenvalue weighted by Crippen LogP contribution is -2.46. The number of benzene rings is 1. The zero-order chi connectivity index (χ0) is 21.4. The molecule has 0 bridgehead atoms. The van der Waals surface area contributed by atoms with Gasteiger partial charge in [-0.3, -0.25) is 24.5 Å². The highest BCUT2D eigenvalue weighted by Gasteiger charge is 2.26. The summed E-state index contributed by atoms with van der Waals surface area (Å²) in [5, 5.41) is 16.1. The third-order valence-corrected chi connectivity index (χ3v) is 5.07. The van der Waals surface area contributed by atoms with Crippen LogP contribution in [0, 0.1) is 16.0 Å². The lowest BCUT2D eigenvalue weighted by Gasteiger charge is -2.30. The van der Waals surface area contributed by atoms with Crippen molar-refractivity contribution in [1.82, 2.24) is 10.6 Å². The Morgan fingerprint density at radius 1 is 1.21 bits per heavy atom. The number of nitrogens with zero attached hydrogens (tertiary/aromatic N) is 1. The quantitative estimate of drug-likeness (QED) is 0.388. The van der Waals surface area contributed by atoms with E-state index in [2.05, 4.69) is 17.6 Å². The monoisotopic (exact) mass is 405 g/mol. The second kappa shape index (κ2) is 10.5. The Bertz CT molecular complexity index is 749. The Morgan fingerprint density at radius 2 is 1.86 bits per heavy atom. The van der Waals surface area contributed by atoms with E-state index in [1.807, 2.05) is 0 Å². The Balaban J connectivity index is 1.70. The normalized spacial score (nSPS) is 19.7. The van der Waals surface area contributed by atoms with E-state index in [0.29, 0.717) is 5.92 Å². The minimum absolute atomic E-state index is 0.0304. The molecule has 29 heavy (non-hydrogen) atoms. The van der Waals surface area contributed by atoms with Gasteiger partial charge >= 0.3 is 5.97 Å². The van der Waals surface area contributed by atoms with Crippen molar-refractivity contribution in [2.45, 2.75) is 58.1 Å². The van der Waals surface area contributed by atoms with Crippen LogP contribution in [0.1, 0.15) is 56.3 Å². The van der Waals surface area contributed by atoms with Crippen molar-refractivity contribution >= 4 is 23.5 Å². The van der Waals surface area contributed by atoms with Gasteiger partial charge in [0, 0.05) is 30.3 Å². The van der Waals surface area contributed by atoms with Gasteiger partial charge in [-0.2, -0.15) is 0 Å². The topological polar surface area (TPSA) is 128 Å². The van der Waals surface area contributed by atoms with Gasteiger partial charge in [-0.25, -0.2) is 0 Å². The minimum Gasteiger partial charge on any atom is -0.452 e. The number of non-ortho nitro benzene ring substituents is 1. The Morgan fingerprint density at radius 3 is 2.48 bits per heavy atom. The third-order valence-electron chi connectivity index (χ3n) is 5.07. The summed E-state index contributed by atoms with van der Waals surface area (Å²) in [5.74, 6) is -0.949. The summed E-state index contributed by atoms with van der Waals surface area (Å²) in [7, 11) is 0. The smallest absolute Gasteiger partial charge is 0.308 e. The standard InChI is InChI=1S/C20H27N3O6/c1-13-5-3-4-6-17(13)22-19(25)14(2)29-18(24)11-12-21-20(26)15-7-9-16(10-8-15)23(27)28/h7-10,13-14,17H,3-6,11-12H2,1-2H3,(H,21,26)(H,22,25)/t13-,14-,17-/m1/s1. The van der Waals surface area contributed by atoms with Crippen LogP contribution >= 0.6 is 0 Å². The second-order valence-electron chi connectivity index (χ2n) is 7.32. The minimum atomic E-state index is -0.901. The molecule has 0 aromatic heterocycles. The van der Waals surface area contributed by atoms with Gasteiger partial charge in [-0.1, -0.05) is 19.8 Å². The SMILES string of the molecule is C[C@@H]1CCCC[C@H]1NC(=O)[C@@H](C)OC(=O)CCNC(=O)c1ccc([N+](=O)[O-])cc1. The van der Waals surface area contributed by atoms with E-state index in [-0.39, 0.29) is 36.2 Å². The van der Waals surface area contributed by atoms with E-state index in [0.717, 1.165) is 19.3 Å². The maximum Gasteiger partial charge on any atom is 0.308 e. The molecule has 1 aromatic carbocycles. The van der Waals surface area contributed by atoms with E-state index in [1.54, 1.807) is 0 Å². The average Bonchev–Trinajstić information content (AvgIpc) is 2.69. The number of ether oxygens (including phenoxy) is 1. The first kappa shape index (κ1) is 22.3. The van der Waals surface area contributed by atoms with E-state index in [9.17, 15) is 24.5 Å². The number of carbonyl (C=O) groups excluding carboxylic acids is 3. The molecule has 9 nitrogen and oxygen atoms in total. The molecular formula is C20H27N3O6. The van der Waals surface area contributed by atoms with Crippen molar-refractivity contribution in [3.05, 3.63) is 39.9 Å². The molecule has 3 atom stereocenters. The lowest BCUT2D eigenvalue weighted by molar-refractivity contribution is -0.384. The molecule has 2 rings (SSSR count). The maximum absolute atomic E-state index is 12.2. The number of nitro benzene ring substituents is 1. The fourth-order valence-electron chi connectivity index (χ4n) is 3.26. The van der Waals surface area contributed by atoms with Gasteiger partial charge in [0.15, 0.2) is 6.10 Å². The first-order chi connectivity index (χ1) is 13.8. The molecule has 1 aromatic rings. The van der Waals surface area contributed by atoms with Crippen LogP contribution < -0.4 is 10.6 Å². The van der Waals surface area contributed by atoms with Crippen LogP contribution in [0.5, 0.6) is 0 Å². The van der Waals surface area contributed by atoms with E-state index in [4.69, 9.17) is 4.74 Å². The molecule has 1 saturated carbocycles. The zero-order valence-electron chi connectivity index (χ0n) is 16.7. The number of nitro groups is 1. The van der Waals surface area contributed by atoms with Gasteiger partial charge in [0.1, 0.15) is 0 Å². The van der Waals surface area contributed by atoms with Crippen molar-refractivity contribution in [2.75, 3.05) is 6.54 Å². The Labute approximate surface area is 169 Å². The lowest BCUT2D eigenvalue weighted by atomic mass is 9.86. The second-order valence-corrected chi connectivity index (χ2v) is 7.32. The van der Waals surface area contributed by atoms with Crippen molar-refractivity contribution in [1.29, 1.82) is 0 Å². The Hall–Kier alpha value is -2.97. The van der Waals surface area contributed by atoms with E-state index >= 15 is 0 Å². The molecule has 0 spiro atoms. The van der Waals surface area contributed by atoms with Crippen LogP contribution in [0.3, 0.4) is 0 Å². The molecule has 2 amide bonds. The van der Waals surface area contributed by atoms with Crippen LogP contribution in [0.15, 0.2) is 24.3 Å². The number of amides is 2. The Kier molecular flexibility index (Phi) is 8.11. The average molecular weight is 405 g/mol. The molecule has 1 aliphatic rings. The van der Waals surface area contributed by atoms with Crippen LogP contribution in [0.25, 0.3) is 0 Å². The van der Waals surface area contributed by atoms with Crippen molar-refractivity contribution in [3.8, 4) is 0 Å². The first-order valence-corrected chi connectivity index (χ1v) is 9.80. The molecule has 1 aliphatic carbocycles. The summed E-state index contributed by atoms with van der Waals surface area (Å²) < 4.78 is 5.14. The van der Waals surface area contributed by atoms with Gasteiger partial charge in [-0.05, 0) is 37.8 Å². The summed E-state index contributed by atoms with van der Waals surface area (Å²) in [6.07, 6.45) is 3.27. The molecule has 0 radical (unpaired) electrons. The van der Waals surface area contributed by atoms with Crippen LogP contribution in [0.4, 0.5) is 5.69 Å².